The summed E-state index contributed by atoms with van der Waals surface area (Å²) < 4.78 is 38.6. The van der Waals surface area contributed by atoms with Crippen molar-refractivity contribution in [2.75, 3.05) is 19.5 Å². The van der Waals surface area contributed by atoms with Crippen LogP contribution in [0.5, 0.6) is 0 Å². The Morgan fingerprint density at radius 2 is 2.21 bits per heavy atom. The summed E-state index contributed by atoms with van der Waals surface area (Å²) in [6, 6.07) is 0. The van der Waals surface area contributed by atoms with E-state index >= 15 is 0 Å². The van der Waals surface area contributed by atoms with E-state index in [-0.39, 0.29) is 6.61 Å². The van der Waals surface area contributed by atoms with Gasteiger partial charge in [-0.25, -0.2) is 4.79 Å². The van der Waals surface area contributed by atoms with E-state index in [1.807, 2.05) is 0 Å². The molecule has 14 heavy (non-hydrogen) atoms. The van der Waals surface area contributed by atoms with E-state index in [1.54, 1.807) is 0 Å². The molecule has 0 bridgehead atoms. The second-order valence-electron chi connectivity index (χ2n) is 2.47. The summed E-state index contributed by atoms with van der Waals surface area (Å²) in [6.45, 7) is 3.03. The Kier molecular flexibility index (Phi) is 5.36. The Labute approximate surface area is 82.3 Å². The first-order chi connectivity index (χ1) is 6.39. The molecule has 1 atom stereocenters. The molecule has 1 unspecified atom stereocenters. The number of methoxy groups -OCH3 is 1. The molecule has 82 valence electrons. The number of carbonyl (C=O) groups is 1. The fourth-order valence-corrected chi connectivity index (χ4v) is 1.38. The quantitative estimate of drug-likeness (QED) is 0.375. The molecule has 0 radical (unpaired) electrons. The van der Waals surface area contributed by atoms with Crippen molar-refractivity contribution in [1.29, 1.82) is 0 Å². The van der Waals surface area contributed by atoms with Crippen LogP contribution in [0, 0.1) is 0 Å². The van der Waals surface area contributed by atoms with E-state index < -0.39 is 27.9 Å². The molecule has 0 fully saturated rings. The SMILES string of the molecule is C=CC(=O)OC(COC)CS(=O)(=O)O. The Morgan fingerprint density at radius 3 is 2.57 bits per heavy atom. The van der Waals surface area contributed by atoms with Crippen LogP contribution in [-0.4, -0.2) is 44.5 Å². The predicted molar refractivity (Wildman–Crippen MR) is 48.4 cm³/mol. The van der Waals surface area contributed by atoms with Gasteiger partial charge in [-0.1, -0.05) is 6.58 Å². The number of carbonyl (C=O) groups excluding carboxylic acids is 1. The van der Waals surface area contributed by atoms with Gasteiger partial charge in [0, 0.05) is 13.2 Å². The molecule has 0 rings (SSSR count). The highest BCUT2D eigenvalue weighted by molar-refractivity contribution is 7.85. The van der Waals surface area contributed by atoms with Crippen molar-refractivity contribution in [3.8, 4) is 0 Å². The summed E-state index contributed by atoms with van der Waals surface area (Å²) in [5, 5.41) is 0. The zero-order valence-corrected chi connectivity index (χ0v) is 8.49. The Morgan fingerprint density at radius 1 is 1.64 bits per heavy atom. The molecule has 0 aromatic rings. The van der Waals surface area contributed by atoms with Gasteiger partial charge in [-0.05, 0) is 0 Å². The van der Waals surface area contributed by atoms with Crippen molar-refractivity contribution >= 4 is 16.1 Å². The van der Waals surface area contributed by atoms with Gasteiger partial charge in [0.25, 0.3) is 10.1 Å². The lowest BCUT2D eigenvalue weighted by Crippen LogP contribution is -2.30. The van der Waals surface area contributed by atoms with Crippen LogP contribution in [0.25, 0.3) is 0 Å². The lowest BCUT2D eigenvalue weighted by atomic mass is 10.4. The molecule has 0 aromatic heterocycles. The fraction of sp³-hybridized carbons (Fsp3) is 0.571. The van der Waals surface area contributed by atoms with E-state index in [4.69, 9.17) is 4.55 Å². The summed E-state index contributed by atoms with van der Waals surface area (Å²) in [7, 11) is -2.87. The van der Waals surface area contributed by atoms with Gasteiger partial charge in [0.15, 0.2) is 0 Å². The van der Waals surface area contributed by atoms with E-state index in [2.05, 4.69) is 16.1 Å². The van der Waals surface area contributed by atoms with Crippen LogP contribution >= 0.6 is 0 Å². The second kappa shape index (κ2) is 5.74. The largest absolute Gasteiger partial charge is 0.456 e. The van der Waals surface area contributed by atoms with E-state index in [9.17, 15) is 13.2 Å². The molecule has 0 amide bonds. The van der Waals surface area contributed by atoms with E-state index in [1.165, 1.54) is 7.11 Å². The smallest absolute Gasteiger partial charge is 0.330 e. The molecule has 0 aromatic carbocycles. The molecule has 0 heterocycles. The third kappa shape index (κ3) is 6.58. The summed E-state index contributed by atoms with van der Waals surface area (Å²) in [5.74, 6) is -1.46. The van der Waals surface area contributed by atoms with Crippen molar-refractivity contribution < 1.29 is 27.2 Å². The number of esters is 1. The molecule has 0 aliphatic rings. The third-order valence-corrected chi connectivity index (χ3v) is 1.99. The molecule has 0 saturated heterocycles. The van der Waals surface area contributed by atoms with Crippen LogP contribution in [0.1, 0.15) is 0 Å². The molecule has 1 N–H and O–H groups in total. The predicted octanol–water partition coefficient (Wildman–Crippen LogP) is -0.382. The molecular formula is C7H12O6S. The van der Waals surface area contributed by atoms with Crippen LogP contribution in [0.15, 0.2) is 12.7 Å². The number of hydrogen-bond acceptors (Lipinski definition) is 5. The monoisotopic (exact) mass is 224 g/mol. The highest BCUT2D eigenvalue weighted by atomic mass is 32.2. The van der Waals surface area contributed by atoms with Gasteiger partial charge in [0.2, 0.25) is 0 Å². The summed E-state index contributed by atoms with van der Waals surface area (Å²) in [4.78, 5) is 10.7. The molecule has 6 nitrogen and oxygen atoms in total. The fourth-order valence-electron chi connectivity index (χ4n) is 0.749. The van der Waals surface area contributed by atoms with Gasteiger partial charge in [0.05, 0.1) is 6.61 Å². The number of ether oxygens (including phenoxy) is 2. The maximum Gasteiger partial charge on any atom is 0.330 e. The van der Waals surface area contributed by atoms with Crippen molar-refractivity contribution in [3.05, 3.63) is 12.7 Å². The van der Waals surface area contributed by atoms with Crippen molar-refractivity contribution in [3.63, 3.8) is 0 Å². The standard InChI is InChI=1S/C7H12O6S/c1-3-7(8)13-6(4-12-2)5-14(9,10)11/h3,6H,1,4-5H2,2H3,(H,9,10,11). The zero-order valence-electron chi connectivity index (χ0n) is 7.67. The minimum absolute atomic E-state index is 0.112. The summed E-state index contributed by atoms with van der Waals surface area (Å²) in [6.07, 6.45) is -0.132. The first-order valence-corrected chi connectivity index (χ1v) is 5.27. The van der Waals surface area contributed by atoms with E-state index in [0.29, 0.717) is 0 Å². The van der Waals surface area contributed by atoms with E-state index in [0.717, 1.165) is 6.08 Å². The maximum atomic E-state index is 10.7. The van der Waals surface area contributed by atoms with Gasteiger partial charge >= 0.3 is 5.97 Å². The van der Waals surface area contributed by atoms with Crippen molar-refractivity contribution in [2.24, 2.45) is 0 Å². The average molecular weight is 224 g/mol. The highest BCUT2D eigenvalue weighted by Gasteiger charge is 2.19. The Hall–Kier alpha value is -0.920. The summed E-state index contributed by atoms with van der Waals surface area (Å²) >= 11 is 0. The number of hydrogen-bond donors (Lipinski definition) is 1. The topological polar surface area (TPSA) is 89.9 Å². The Balaban J connectivity index is 4.29. The normalized spacial score (nSPS) is 13.3. The minimum atomic E-state index is -4.19. The van der Waals surface area contributed by atoms with Crippen LogP contribution in [0.3, 0.4) is 0 Å². The van der Waals surface area contributed by atoms with Gasteiger partial charge in [0.1, 0.15) is 11.9 Å². The third-order valence-electron chi connectivity index (χ3n) is 1.20. The molecular weight excluding hydrogens is 212 g/mol. The molecule has 7 heteroatoms. The number of rotatable bonds is 6. The van der Waals surface area contributed by atoms with Crippen molar-refractivity contribution in [2.45, 2.75) is 6.10 Å². The highest BCUT2D eigenvalue weighted by Crippen LogP contribution is 1.99. The molecule has 0 aliphatic heterocycles. The van der Waals surface area contributed by atoms with Gasteiger partial charge < -0.3 is 9.47 Å². The molecule has 0 spiro atoms. The lowest BCUT2D eigenvalue weighted by Gasteiger charge is -2.13. The van der Waals surface area contributed by atoms with Crippen molar-refractivity contribution in [1.82, 2.24) is 0 Å². The van der Waals surface area contributed by atoms with Gasteiger partial charge in [-0.2, -0.15) is 8.42 Å². The molecule has 0 saturated carbocycles. The first kappa shape index (κ1) is 13.1. The van der Waals surface area contributed by atoms with Crippen LogP contribution < -0.4 is 0 Å². The second-order valence-corrected chi connectivity index (χ2v) is 3.96. The molecule has 0 aliphatic carbocycles. The maximum absolute atomic E-state index is 10.7. The minimum Gasteiger partial charge on any atom is -0.456 e. The average Bonchev–Trinajstić information content (AvgIpc) is 2.01. The lowest BCUT2D eigenvalue weighted by molar-refractivity contribution is -0.144. The van der Waals surface area contributed by atoms with Crippen LogP contribution in [0.2, 0.25) is 0 Å². The van der Waals surface area contributed by atoms with Gasteiger partial charge in [-0.3, -0.25) is 4.55 Å². The zero-order chi connectivity index (χ0) is 11.2. The Bertz CT molecular complexity index is 293. The van der Waals surface area contributed by atoms with Crippen LogP contribution in [-0.2, 0) is 24.4 Å². The van der Waals surface area contributed by atoms with Gasteiger partial charge in [-0.15, -0.1) is 0 Å². The first-order valence-electron chi connectivity index (χ1n) is 3.66. The van der Waals surface area contributed by atoms with Crippen LogP contribution in [0.4, 0.5) is 0 Å². The summed E-state index contributed by atoms with van der Waals surface area (Å²) in [5.41, 5.74) is 0.